The molecular formula is C30H27Cl3N4O4. The molecule has 0 aliphatic rings. The van der Waals surface area contributed by atoms with E-state index in [1.54, 1.807) is 48.9 Å². The summed E-state index contributed by atoms with van der Waals surface area (Å²) in [5.41, 5.74) is 3.34. The number of hydrogen-bond donors (Lipinski definition) is 2. The number of esters is 1. The van der Waals surface area contributed by atoms with Crippen molar-refractivity contribution in [1.82, 2.24) is 20.4 Å². The van der Waals surface area contributed by atoms with Gasteiger partial charge in [0.05, 0.1) is 23.0 Å². The fraction of sp³-hybridized carbons (Fsp3) is 0.200. The highest BCUT2D eigenvalue weighted by Gasteiger charge is 2.28. The first-order valence-electron chi connectivity index (χ1n) is 12.8. The molecule has 0 saturated heterocycles. The SMILES string of the molecule is CCOC(=O)CNC(=O)C(Cc1ccccc1)NC(=O)c1nn(-c2ccc(Cl)cc2Cl)c(-c2ccc(Cl)cc2)c1C. The maximum Gasteiger partial charge on any atom is 0.325 e. The smallest absolute Gasteiger partial charge is 0.325 e. The minimum absolute atomic E-state index is 0.0946. The Balaban J connectivity index is 1.71. The van der Waals surface area contributed by atoms with Crippen LogP contribution >= 0.6 is 34.8 Å². The van der Waals surface area contributed by atoms with Crippen LogP contribution in [0.15, 0.2) is 72.8 Å². The maximum atomic E-state index is 13.7. The number of benzene rings is 3. The number of ether oxygens (including phenoxy) is 1. The van der Waals surface area contributed by atoms with E-state index < -0.39 is 23.8 Å². The van der Waals surface area contributed by atoms with E-state index in [2.05, 4.69) is 15.7 Å². The molecule has 0 fully saturated rings. The molecule has 0 aliphatic heterocycles. The van der Waals surface area contributed by atoms with Crippen molar-refractivity contribution in [3.05, 3.63) is 105 Å². The maximum absolute atomic E-state index is 13.7. The number of nitrogens with zero attached hydrogens (tertiary/aromatic N) is 2. The highest BCUT2D eigenvalue weighted by molar-refractivity contribution is 6.35. The molecule has 2 N–H and O–H groups in total. The average Bonchev–Trinajstić information content (AvgIpc) is 3.29. The summed E-state index contributed by atoms with van der Waals surface area (Å²) in [6.45, 7) is 3.31. The molecule has 11 heteroatoms. The molecule has 0 bridgehead atoms. The van der Waals surface area contributed by atoms with E-state index in [1.807, 2.05) is 42.5 Å². The molecular weight excluding hydrogens is 587 g/mol. The summed E-state index contributed by atoms with van der Waals surface area (Å²) in [6.07, 6.45) is 0.189. The van der Waals surface area contributed by atoms with Crippen LogP contribution in [0.2, 0.25) is 15.1 Å². The molecule has 0 saturated carbocycles. The van der Waals surface area contributed by atoms with Crippen LogP contribution < -0.4 is 10.6 Å². The monoisotopic (exact) mass is 612 g/mol. The molecule has 1 aromatic heterocycles. The fourth-order valence-electron chi connectivity index (χ4n) is 4.27. The number of carbonyl (C=O) groups excluding carboxylic acids is 3. The first kappa shape index (κ1) is 30.1. The molecule has 3 aromatic carbocycles. The Hall–Kier alpha value is -3.85. The van der Waals surface area contributed by atoms with Crippen LogP contribution in [0.25, 0.3) is 16.9 Å². The predicted octanol–water partition coefficient (Wildman–Crippen LogP) is 5.83. The minimum Gasteiger partial charge on any atom is -0.465 e. The van der Waals surface area contributed by atoms with E-state index in [0.717, 1.165) is 11.1 Å². The van der Waals surface area contributed by atoms with E-state index >= 15 is 0 Å². The number of carbonyl (C=O) groups is 3. The first-order valence-corrected chi connectivity index (χ1v) is 13.9. The molecule has 41 heavy (non-hydrogen) atoms. The van der Waals surface area contributed by atoms with Gasteiger partial charge in [0, 0.05) is 27.6 Å². The minimum atomic E-state index is -0.998. The first-order chi connectivity index (χ1) is 19.7. The van der Waals surface area contributed by atoms with Crippen molar-refractivity contribution in [1.29, 1.82) is 0 Å². The largest absolute Gasteiger partial charge is 0.465 e. The van der Waals surface area contributed by atoms with Crippen LogP contribution in [-0.4, -0.2) is 46.8 Å². The standard InChI is InChI=1S/C30H27Cl3N4O4/c1-3-41-26(38)17-34-29(39)24(15-19-7-5-4-6-8-19)35-30(40)27-18(2)28(20-9-11-21(31)12-10-20)37(36-27)25-14-13-22(32)16-23(25)33/h4-14,16,24H,3,15,17H2,1-2H3,(H,34,39)(H,35,40). The lowest BCUT2D eigenvalue weighted by molar-refractivity contribution is -0.143. The molecule has 1 heterocycles. The van der Waals surface area contributed by atoms with Crippen molar-refractivity contribution in [3.63, 3.8) is 0 Å². The van der Waals surface area contributed by atoms with Gasteiger partial charge < -0.3 is 15.4 Å². The van der Waals surface area contributed by atoms with Gasteiger partial charge in [-0.25, -0.2) is 4.68 Å². The summed E-state index contributed by atoms with van der Waals surface area (Å²) in [7, 11) is 0. The molecule has 0 aliphatic carbocycles. The lowest BCUT2D eigenvalue weighted by Gasteiger charge is -2.18. The number of aromatic nitrogens is 2. The van der Waals surface area contributed by atoms with Gasteiger partial charge in [-0.3, -0.25) is 14.4 Å². The third-order valence-electron chi connectivity index (χ3n) is 6.21. The molecule has 212 valence electrons. The third kappa shape index (κ3) is 7.47. The lowest BCUT2D eigenvalue weighted by Crippen LogP contribution is -2.49. The number of nitrogens with one attached hydrogen (secondary N) is 2. The van der Waals surface area contributed by atoms with Gasteiger partial charge in [0.15, 0.2) is 5.69 Å². The fourth-order valence-corrected chi connectivity index (χ4v) is 4.88. The zero-order valence-corrected chi connectivity index (χ0v) is 24.6. The Morgan fingerprint density at radius 2 is 1.63 bits per heavy atom. The molecule has 0 radical (unpaired) electrons. The number of halogens is 3. The zero-order chi connectivity index (χ0) is 29.5. The van der Waals surface area contributed by atoms with Crippen LogP contribution in [0.1, 0.15) is 28.5 Å². The quantitative estimate of drug-likeness (QED) is 0.219. The summed E-state index contributed by atoms with van der Waals surface area (Å²) >= 11 is 18.8. The topological polar surface area (TPSA) is 102 Å². The molecule has 0 spiro atoms. The Morgan fingerprint density at radius 1 is 0.951 bits per heavy atom. The number of amides is 2. The summed E-state index contributed by atoms with van der Waals surface area (Å²) in [5, 5.41) is 11.3. The molecule has 1 unspecified atom stereocenters. The van der Waals surface area contributed by atoms with Crippen molar-refractivity contribution >= 4 is 52.6 Å². The van der Waals surface area contributed by atoms with Crippen LogP contribution in [0.3, 0.4) is 0 Å². The highest BCUT2D eigenvalue weighted by atomic mass is 35.5. The summed E-state index contributed by atoms with van der Waals surface area (Å²) in [6, 6.07) is 20.3. The molecule has 4 rings (SSSR count). The van der Waals surface area contributed by atoms with Gasteiger partial charge in [-0.1, -0.05) is 77.3 Å². The van der Waals surface area contributed by atoms with Crippen LogP contribution in [0, 0.1) is 6.92 Å². The van der Waals surface area contributed by atoms with E-state index in [9.17, 15) is 14.4 Å². The zero-order valence-electron chi connectivity index (χ0n) is 22.3. The second kappa shape index (κ2) is 13.7. The van der Waals surface area contributed by atoms with Crippen molar-refractivity contribution in [2.75, 3.05) is 13.2 Å². The van der Waals surface area contributed by atoms with Crippen molar-refractivity contribution in [2.24, 2.45) is 0 Å². The number of hydrogen-bond acceptors (Lipinski definition) is 5. The van der Waals surface area contributed by atoms with Gasteiger partial charge in [0.25, 0.3) is 5.91 Å². The van der Waals surface area contributed by atoms with E-state index in [0.29, 0.717) is 32.0 Å². The van der Waals surface area contributed by atoms with Crippen molar-refractivity contribution in [3.8, 4) is 16.9 Å². The van der Waals surface area contributed by atoms with Gasteiger partial charge in [0.1, 0.15) is 12.6 Å². The van der Waals surface area contributed by atoms with Crippen LogP contribution in [-0.2, 0) is 20.7 Å². The normalized spacial score (nSPS) is 11.5. The van der Waals surface area contributed by atoms with Gasteiger partial charge >= 0.3 is 5.97 Å². The molecule has 1 atom stereocenters. The van der Waals surface area contributed by atoms with Crippen LogP contribution in [0.5, 0.6) is 0 Å². The number of rotatable bonds is 10. The van der Waals surface area contributed by atoms with E-state index in [4.69, 9.17) is 39.5 Å². The Kier molecular flexibility index (Phi) is 10.0. The van der Waals surface area contributed by atoms with Crippen LogP contribution in [0.4, 0.5) is 0 Å². The highest BCUT2D eigenvalue weighted by Crippen LogP contribution is 2.33. The van der Waals surface area contributed by atoms with E-state index in [-0.39, 0.29) is 25.3 Å². The summed E-state index contributed by atoms with van der Waals surface area (Å²) < 4.78 is 6.47. The van der Waals surface area contributed by atoms with E-state index in [1.165, 1.54) is 0 Å². The van der Waals surface area contributed by atoms with Gasteiger partial charge in [-0.15, -0.1) is 0 Å². The van der Waals surface area contributed by atoms with Gasteiger partial charge in [0.2, 0.25) is 5.91 Å². The average molecular weight is 614 g/mol. The van der Waals surface area contributed by atoms with Crippen molar-refractivity contribution in [2.45, 2.75) is 26.3 Å². The third-order valence-corrected chi connectivity index (χ3v) is 7.00. The lowest BCUT2D eigenvalue weighted by atomic mass is 10.0. The van der Waals surface area contributed by atoms with Gasteiger partial charge in [-0.05, 0) is 49.7 Å². The second-order valence-electron chi connectivity index (χ2n) is 9.08. The molecule has 8 nitrogen and oxygen atoms in total. The van der Waals surface area contributed by atoms with Crippen molar-refractivity contribution < 1.29 is 19.1 Å². The Bertz CT molecular complexity index is 1560. The van der Waals surface area contributed by atoms with Gasteiger partial charge in [-0.2, -0.15) is 5.10 Å². The summed E-state index contributed by atoms with van der Waals surface area (Å²) in [4.78, 5) is 38.7. The summed E-state index contributed by atoms with van der Waals surface area (Å²) in [5.74, 6) is -1.69. The second-order valence-corrected chi connectivity index (χ2v) is 10.4. The predicted molar refractivity (Wildman–Crippen MR) is 160 cm³/mol. The Labute approximate surface area is 252 Å². The Morgan fingerprint density at radius 3 is 2.29 bits per heavy atom. The molecule has 2 amide bonds. The molecule has 4 aromatic rings.